The van der Waals surface area contributed by atoms with Crippen LogP contribution in [0.2, 0.25) is 0 Å². The summed E-state index contributed by atoms with van der Waals surface area (Å²) < 4.78 is 5.51. The quantitative estimate of drug-likeness (QED) is 0.697. The van der Waals surface area contributed by atoms with Gasteiger partial charge in [-0.15, -0.1) is 0 Å². The minimum Gasteiger partial charge on any atom is -0.494 e. The summed E-state index contributed by atoms with van der Waals surface area (Å²) >= 11 is 0. The molecule has 0 saturated heterocycles. The smallest absolute Gasteiger partial charge is 0.238 e. The first kappa shape index (κ1) is 14.5. The third kappa shape index (κ3) is 5.68. The average Bonchev–Trinajstić information content (AvgIpc) is 2.37. The highest BCUT2D eigenvalue weighted by atomic mass is 16.5. The monoisotopic (exact) mass is 250 g/mol. The van der Waals surface area contributed by atoms with Crippen molar-refractivity contribution in [2.45, 2.75) is 26.7 Å². The minimum atomic E-state index is -0.0314. The van der Waals surface area contributed by atoms with Crippen molar-refractivity contribution in [1.29, 1.82) is 0 Å². The zero-order chi connectivity index (χ0) is 13.2. The lowest BCUT2D eigenvalue weighted by atomic mass is 10.3. The van der Waals surface area contributed by atoms with Crippen molar-refractivity contribution in [1.82, 2.24) is 5.32 Å². The molecule has 0 unspecified atom stereocenters. The molecule has 0 bridgehead atoms. The number of ether oxygens (including phenoxy) is 1. The molecular formula is C14H22N2O2. The van der Waals surface area contributed by atoms with E-state index >= 15 is 0 Å². The van der Waals surface area contributed by atoms with Gasteiger partial charge in [0.15, 0.2) is 0 Å². The van der Waals surface area contributed by atoms with E-state index in [0.29, 0.717) is 13.2 Å². The lowest BCUT2D eigenvalue weighted by molar-refractivity contribution is -0.115. The first-order valence-electron chi connectivity index (χ1n) is 6.49. The third-order valence-electron chi connectivity index (χ3n) is 2.30. The molecule has 0 spiro atoms. The lowest BCUT2D eigenvalue weighted by Crippen LogP contribution is -2.28. The number of hydrogen-bond acceptors (Lipinski definition) is 3. The number of carbonyl (C=O) groups excluding carboxylic acids is 1. The van der Waals surface area contributed by atoms with Crippen LogP contribution in [-0.2, 0) is 4.79 Å². The largest absolute Gasteiger partial charge is 0.494 e. The fraction of sp³-hybridized carbons (Fsp3) is 0.500. The Bertz CT molecular complexity index is 367. The van der Waals surface area contributed by atoms with Crippen molar-refractivity contribution in [3.63, 3.8) is 0 Å². The Morgan fingerprint density at radius 2 is 2.11 bits per heavy atom. The van der Waals surface area contributed by atoms with E-state index in [-0.39, 0.29) is 5.91 Å². The molecule has 0 heterocycles. The second kappa shape index (κ2) is 8.53. The van der Waals surface area contributed by atoms with Gasteiger partial charge >= 0.3 is 0 Å². The molecule has 1 amide bonds. The Hall–Kier alpha value is -1.55. The van der Waals surface area contributed by atoms with Crippen molar-refractivity contribution in [2.24, 2.45) is 0 Å². The van der Waals surface area contributed by atoms with Crippen molar-refractivity contribution >= 4 is 11.6 Å². The molecule has 2 N–H and O–H groups in total. The maximum absolute atomic E-state index is 11.6. The minimum absolute atomic E-state index is 0.0314. The summed E-state index contributed by atoms with van der Waals surface area (Å²) in [5.41, 5.74) is 0.770. The molecular weight excluding hydrogens is 228 g/mol. The number of anilines is 1. The van der Waals surface area contributed by atoms with Crippen LogP contribution in [0.5, 0.6) is 5.75 Å². The molecule has 1 aromatic rings. The number of rotatable bonds is 8. The van der Waals surface area contributed by atoms with Gasteiger partial charge in [0.1, 0.15) is 5.75 Å². The summed E-state index contributed by atoms with van der Waals surface area (Å²) in [5, 5.41) is 5.90. The van der Waals surface area contributed by atoms with E-state index < -0.39 is 0 Å². The maximum atomic E-state index is 11.6. The van der Waals surface area contributed by atoms with Crippen molar-refractivity contribution in [2.75, 3.05) is 25.0 Å². The molecule has 0 aliphatic carbocycles. The molecule has 0 aliphatic rings. The van der Waals surface area contributed by atoms with Gasteiger partial charge in [-0.3, -0.25) is 4.79 Å². The summed E-state index contributed by atoms with van der Waals surface area (Å²) in [6.45, 7) is 6.01. The van der Waals surface area contributed by atoms with Gasteiger partial charge in [0.25, 0.3) is 0 Å². The van der Waals surface area contributed by atoms with Crippen LogP contribution < -0.4 is 15.4 Å². The molecule has 0 radical (unpaired) electrons. The van der Waals surface area contributed by atoms with Crippen LogP contribution >= 0.6 is 0 Å². The number of amides is 1. The van der Waals surface area contributed by atoms with Gasteiger partial charge in [0, 0.05) is 11.8 Å². The standard InChI is InChI=1S/C14H22N2O2/c1-3-8-15-11-14(17)16-12-6-5-7-13(10-12)18-9-4-2/h5-7,10,15H,3-4,8-9,11H2,1-2H3,(H,16,17). The predicted molar refractivity (Wildman–Crippen MR) is 74.0 cm³/mol. The van der Waals surface area contributed by atoms with E-state index in [2.05, 4.69) is 24.5 Å². The Morgan fingerprint density at radius 3 is 2.83 bits per heavy atom. The molecule has 0 fully saturated rings. The van der Waals surface area contributed by atoms with E-state index in [1.807, 2.05) is 24.3 Å². The van der Waals surface area contributed by atoms with Gasteiger partial charge in [0.05, 0.1) is 13.2 Å². The molecule has 1 aromatic carbocycles. The molecule has 4 nitrogen and oxygen atoms in total. The molecule has 1 rings (SSSR count). The maximum Gasteiger partial charge on any atom is 0.238 e. The Kier molecular flexibility index (Phi) is 6.87. The lowest BCUT2D eigenvalue weighted by Gasteiger charge is -2.09. The SMILES string of the molecule is CCCNCC(=O)Nc1cccc(OCCC)c1. The second-order valence-corrected chi connectivity index (χ2v) is 4.10. The van der Waals surface area contributed by atoms with Crippen LogP contribution in [0.3, 0.4) is 0 Å². The zero-order valence-corrected chi connectivity index (χ0v) is 11.2. The fourth-order valence-corrected chi connectivity index (χ4v) is 1.47. The van der Waals surface area contributed by atoms with E-state index in [1.54, 1.807) is 0 Å². The summed E-state index contributed by atoms with van der Waals surface area (Å²) in [5.74, 6) is 0.757. The molecule has 0 saturated carbocycles. The van der Waals surface area contributed by atoms with Crippen molar-refractivity contribution in [3.8, 4) is 5.75 Å². The molecule has 100 valence electrons. The summed E-state index contributed by atoms with van der Waals surface area (Å²) in [4.78, 5) is 11.6. The number of nitrogens with one attached hydrogen (secondary N) is 2. The molecule has 0 aliphatic heterocycles. The third-order valence-corrected chi connectivity index (χ3v) is 2.30. The number of hydrogen-bond donors (Lipinski definition) is 2. The van der Waals surface area contributed by atoms with Crippen LogP contribution in [0, 0.1) is 0 Å². The average molecular weight is 250 g/mol. The van der Waals surface area contributed by atoms with Crippen LogP contribution in [0.4, 0.5) is 5.69 Å². The summed E-state index contributed by atoms with van der Waals surface area (Å²) in [7, 11) is 0. The molecule has 4 heteroatoms. The van der Waals surface area contributed by atoms with Gasteiger partial charge in [-0.1, -0.05) is 19.9 Å². The van der Waals surface area contributed by atoms with Crippen molar-refractivity contribution in [3.05, 3.63) is 24.3 Å². The highest BCUT2D eigenvalue weighted by Gasteiger charge is 2.02. The van der Waals surface area contributed by atoms with Crippen LogP contribution in [0.15, 0.2) is 24.3 Å². The molecule has 18 heavy (non-hydrogen) atoms. The normalized spacial score (nSPS) is 10.1. The van der Waals surface area contributed by atoms with E-state index in [4.69, 9.17) is 4.74 Å². The molecule has 0 atom stereocenters. The van der Waals surface area contributed by atoms with Crippen LogP contribution in [0.1, 0.15) is 26.7 Å². The second-order valence-electron chi connectivity index (χ2n) is 4.10. The Morgan fingerprint density at radius 1 is 1.28 bits per heavy atom. The number of carbonyl (C=O) groups is 1. The van der Waals surface area contributed by atoms with Gasteiger partial charge in [-0.05, 0) is 31.5 Å². The van der Waals surface area contributed by atoms with Gasteiger partial charge in [-0.25, -0.2) is 0 Å². The van der Waals surface area contributed by atoms with Crippen molar-refractivity contribution < 1.29 is 9.53 Å². The van der Waals surface area contributed by atoms with Gasteiger partial charge < -0.3 is 15.4 Å². The highest BCUT2D eigenvalue weighted by molar-refractivity contribution is 5.92. The Balaban J connectivity index is 2.43. The van der Waals surface area contributed by atoms with Gasteiger partial charge in [-0.2, -0.15) is 0 Å². The zero-order valence-electron chi connectivity index (χ0n) is 11.2. The summed E-state index contributed by atoms with van der Waals surface area (Å²) in [6.07, 6.45) is 1.99. The molecule has 0 aromatic heterocycles. The fourth-order valence-electron chi connectivity index (χ4n) is 1.47. The van der Waals surface area contributed by atoms with E-state index in [0.717, 1.165) is 30.8 Å². The highest BCUT2D eigenvalue weighted by Crippen LogP contribution is 2.17. The first-order valence-corrected chi connectivity index (χ1v) is 6.49. The Labute approximate surface area is 109 Å². The van der Waals surface area contributed by atoms with Crippen LogP contribution in [0.25, 0.3) is 0 Å². The number of benzene rings is 1. The predicted octanol–water partition coefficient (Wildman–Crippen LogP) is 2.41. The first-order chi connectivity index (χ1) is 8.76. The summed E-state index contributed by atoms with van der Waals surface area (Å²) in [6, 6.07) is 7.46. The van der Waals surface area contributed by atoms with E-state index in [9.17, 15) is 4.79 Å². The van der Waals surface area contributed by atoms with E-state index in [1.165, 1.54) is 0 Å². The van der Waals surface area contributed by atoms with Crippen LogP contribution in [-0.4, -0.2) is 25.6 Å². The van der Waals surface area contributed by atoms with Gasteiger partial charge in [0.2, 0.25) is 5.91 Å². The topological polar surface area (TPSA) is 50.4 Å².